The molecule has 2 N–H and O–H groups in total. The van der Waals surface area contributed by atoms with Crippen LogP contribution in [0.1, 0.15) is 6.92 Å². The van der Waals surface area contributed by atoms with Gasteiger partial charge in [0.05, 0.1) is 5.75 Å². The van der Waals surface area contributed by atoms with Crippen LogP contribution in [0.3, 0.4) is 0 Å². The maximum atomic E-state index is 13.5. The van der Waals surface area contributed by atoms with Gasteiger partial charge in [-0.05, 0) is 31.2 Å². The van der Waals surface area contributed by atoms with Crippen molar-refractivity contribution in [2.75, 3.05) is 15.8 Å². The number of hydrogen-bond donors (Lipinski definition) is 2. The Balaban J connectivity index is 2.26. The Kier molecular flexibility index (Phi) is 4.73. The molecule has 0 spiro atoms. The molecule has 0 aliphatic heterocycles. The molecule has 0 unspecified atom stereocenters. The van der Waals surface area contributed by atoms with E-state index >= 15 is 0 Å². The number of pyridine rings is 1. The van der Waals surface area contributed by atoms with Crippen LogP contribution in [-0.4, -0.2) is 19.2 Å². The van der Waals surface area contributed by atoms with Crippen LogP contribution in [0.15, 0.2) is 24.3 Å². The first-order valence-electron chi connectivity index (χ1n) is 6.31. The summed E-state index contributed by atoms with van der Waals surface area (Å²) in [5.74, 6) is -7.02. The van der Waals surface area contributed by atoms with Gasteiger partial charge in [-0.25, -0.2) is 8.42 Å². The Morgan fingerprint density at radius 3 is 1.91 bits per heavy atom. The standard InChI is InChI=1S/C13H11F4N3O2S/c1-2-23(21,22)20-8-5-3-7(4-6-8)18-11-9(14)12(16)19-13(17)10(11)15/h3-6,20H,2H2,1H3,(H,18,19). The average molecular weight is 349 g/mol. The fourth-order valence-corrected chi connectivity index (χ4v) is 2.25. The van der Waals surface area contributed by atoms with Gasteiger partial charge in [-0.3, -0.25) is 4.72 Å². The third-order valence-corrected chi connectivity index (χ3v) is 4.11. The lowest BCUT2D eigenvalue weighted by atomic mass is 10.2. The van der Waals surface area contributed by atoms with E-state index in [1.807, 2.05) is 0 Å². The van der Waals surface area contributed by atoms with E-state index in [0.717, 1.165) is 0 Å². The van der Waals surface area contributed by atoms with Gasteiger partial charge in [0.15, 0.2) is 0 Å². The molecule has 0 aliphatic rings. The maximum absolute atomic E-state index is 13.5. The number of sulfonamides is 1. The van der Waals surface area contributed by atoms with Crippen LogP contribution in [0, 0.1) is 23.5 Å². The highest BCUT2D eigenvalue weighted by Crippen LogP contribution is 2.26. The van der Waals surface area contributed by atoms with Crippen LogP contribution >= 0.6 is 0 Å². The van der Waals surface area contributed by atoms with Crippen molar-refractivity contribution >= 4 is 27.1 Å². The quantitative estimate of drug-likeness (QED) is 0.643. The molecule has 0 bridgehead atoms. The summed E-state index contributed by atoms with van der Waals surface area (Å²) in [4.78, 5) is 2.44. The van der Waals surface area contributed by atoms with Crippen LogP contribution in [-0.2, 0) is 10.0 Å². The minimum Gasteiger partial charge on any atom is -0.350 e. The van der Waals surface area contributed by atoms with E-state index < -0.39 is 39.2 Å². The molecule has 1 aromatic heterocycles. The summed E-state index contributed by atoms with van der Waals surface area (Å²) in [5, 5.41) is 2.18. The van der Waals surface area contributed by atoms with Gasteiger partial charge in [0.25, 0.3) is 11.9 Å². The lowest BCUT2D eigenvalue weighted by molar-refractivity contribution is 0.411. The highest BCUT2D eigenvalue weighted by atomic mass is 32.2. The van der Waals surface area contributed by atoms with E-state index in [4.69, 9.17) is 0 Å². The van der Waals surface area contributed by atoms with E-state index in [-0.39, 0.29) is 17.1 Å². The number of rotatable bonds is 5. The van der Waals surface area contributed by atoms with Gasteiger partial charge in [-0.1, -0.05) is 0 Å². The number of benzene rings is 1. The second kappa shape index (κ2) is 6.41. The Morgan fingerprint density at radius 2 is 1.43 bits per heavy atom. The second-order valence-electron chi connectivity index (χ2n) is 4.40. The van der Waals surface area contributed by atoms with Gasteiger partial charge < -0.3 is 5.32 Å². The molecule has 0 radical (unpaired) electrons. The Labute approximate surface area is 129 Å². The third-order valence-electron chi connectivity index (χ3n) is 2.81. The van der Waals surface area contributed by atoms with Crippen molar-refractivity contribution in [3.05, 3.63) is 47.8 Å². The summed E-state index contributed by atoms with van der Waals surface area (Å²) in [6, 6.07) is 5.20. The SMILES string of the molecule is CCS(=O)(=O)Nc1ccc(Nc2c(F)c(F)nc(F)c2F)cc1. The van der Waals surface area contributed by atoms with Crippen molar-refractivity contribution < 1.29 is 26.0 Å². The molecule has 1 aromatic carbocycles. The van der Waals surface area contributed by atoms with Crippen LogP contribution in [0.5, 0.6) is 0 Å². The van der Waals surface area contributed by atoms with Gasteiger partial charge in [0.1, 0.15) is 5.69 Å². The molecule has 5 nitrogen and oxygen atoms in total. The van der Waals surface area contributed by atoms with Crippen molar-refractivity contribution in [2.45, 2.75) is 6.92 Å². The predicted molar refractivity (Wildman–Crippen MR) is 76.9 cm³/mol. The first kappa shape index (κ1) is 17.0. The second-order valence-corrected chi connectivity index (χ2v) is 6.42. The van der Waals surface area contributed by atoms with Gasteiger partial charge in [0, 0.05) is 11.4 Å². The zero-order chi connectivity index (χ0) is 17.2. The van der Waals surface area contributed by atoms with Crippen molar-refractivity contribution in [1.29, 1.82) is 0 Å². The molecule has 1 heterocycles. The highest BCUT2D eigenvalue weighted by Gasteiger charge is 2.20. The summed E-state index contributed by atoms with van der Waals surface area (Å²) in [6.45, 7) is 1.45. The highest BCUT2D eigenvalue weighted by molar-refractivity contribution is 7.92. The van der Waals surface area contributed by atoms with Gasteiger partial charge in [-0.15, -0.1) is 0 Å². The van der Waals surface area contributed by atoms with Crippen LogP contribution < -0.4 is 10.0 Å². The minimum absolute atomic E-state index is 0.0900. The van der Waals surface area contributed by atoms with E-state index in [1.165, 1.54) is 31.2 Å². The van der Waals surface area contributed by atoms with Gasteiger partial charge in [0.2, 0.25) is 21.7 Å². The van der Waals surface area contributed by atoms with Crippen LogP contribution in [0.2, 0.25) is 0 Å². The van der Waals surface area contributed by atoms with E-state index in [9.17, 15) is 26.0 Å². The molecule has 124 valence electrons. The monoisotopic (exact) mass is 349 g/mol. The zero-order valence-corrected chi connectivity index (χ0v) is 12.5. The summed E-state index contributed by atoms with van der Waals surface area (Å²) >= 11 is 0. The number of nitrogens with zero attached hydrogens (tertiary/aromatic N) is 1. The lowest BCUT2D eigenvalue weighted by Crippen LogP contribution is -2.14. The van der Waals surface area contributed by atoms with Crippen molar-refractivity contribution in [3.8, 4) is 0 Å². The molecule has 0 atom stereocenters. The molecular formula is C13H11F4N3O2S. The largest absolute Gasteiger partial charge is 0.350 e. The maximum Gasteiger partial charge on any atom is 0.253 e. The Bertz CT molecular complexity index is 800. The fraction of sp³-hybridized carbons (Fsp3) is 0.154. The number of aromatic nitrogens is 1. The number of halogens is 4. The van der Waals surface area contributed by atoms with Gasteiger partial charge in [-0.2, -0.15) is 22.5 Å². The minimum atomic E-state index is -3.47. The first-order chi connectivity index (χ1) is 10.7. The van der Waals surface area contributed by atoms with Gasteiger partial charge >= 0.3 is 0 Å². The van der Waals surface area contributed by atoms with E-state index in [0.29, 0.717) is 0 Å². The Hall–Kier alpha value is -2.36. The molecule has 0 saturated heterocycles. The summed E-state index contributed by atoms with van der Waals surface area (Å²) in [5.41, 5.74) is -0.713. The average Bonchev–Trinajstić information content (AvgIpc) is 2.51. The summed E-state index contributed by atoms with van der Waals surface area (Å²) in [7, 11) is -3.47. The molecule has 2 rings (SSSR count). The molecule has 0 amide bonds. The summed E-state index contributed by atoms with van der Waals surface area (Å²) in [6.07, 6.45) is 0. The number of anilines is 3. The molecule has 0 saturated carbocycles. The molecule has 0 fully saturated rings. The number of hydrogen-bond acceptors (Lipinski definition) is 4. The molecule has 2 aromatic rings. The number of nitrogens with one attached hydrogen (secondary N) is 2. The van der Waals surface area contributed by atoms with Crippen LogP contribution in [0.25, 0.3) is 0 Å². The molecule has 23 heavy (non-hydrogen) atoms. The smallest absolute Gasteiger partial charge is 0.253 e. The zero-order valence-electron chi connectivity index (χ0n) is 11.7. The molecular weight excluding hydrogens is 338 g/mol. The van der Waals surface area contributed by atoms with E-state index in [1.54, 1.807) is 0 Å². The summed E-state index contributed by atoms with van der Waals surface area (Å²) < 4.78 is 78.0. The first-order valence-corrected chi connectivity index (χ1v) is 7.96. The van der Waals surface area contributed by atoms with Crippen molar-refractivity contribution in [3.63, 3.8) is 0 Å². The van der Waals surface area contributed by atoms with Crippen LogP contribution in [0.4, 0.5) is 34.6 Å². The van der Waals surface area contributed by atoms with Crippen molar-refractivity contribution in [1.82, 2.24) is 4.98 Å². The topological polar surface area (TPSA) is 71.1 Å². The third kappa shape index (κ3) is 3.89. The molecule has 0 aliphatic carbocycles. The Morgan fingerprint density at radius 1 is 0.957 bits per heavy atom. The lowest BCUT2D eigenvalue weighted by Gasteiger charge is -2.11. The van der Waals surface area contributed by atoms with Crippen molar-refractivity contribution in [2.24, 2.45) is 0 Å². The normalized spacial score (nSPS) is 11.3. The predicted octanol–water partition coefficient (Wildman–Crippen LogP) is 3.14. The molecule has 10 heteroatoms. The van der Waals surface area contributed by atoms with E-state index in [2.05, 4.69) is 15.0 Å². The fourth-order valence-electron chi connectivity index (χ4n) is 1.61.